The lowest BCUT2D eigenvalue weighted by molar-refractivity contribution is 0.195. The van der Waals surface area contributed by atoms with E-state index in [0.29, 0.717) is 12.0 Å². The molecule has 0 N–H and O–H groups in total. The average molecular weight is 370 g/mol. The minimum atomic E-state index is 0.580. The molecule has 0 spiro atoms. The van der Waals surface area contributed by atoms with Crippen molar-refractivity contribution < 1.29 is 0 Å². The maximum atomic E-state index is 4.92. The Morgan fingerprint density at radius 1 is 1.08 bits per heavy atom. The average Bonchev–Trinajstić information content (AvgIpc) is 3.12. The highest BCUT2D eigenvalue weighted by Gasteiger charge is 2.32. The molecular formula is C20H27N5S. The molecule has 0 atom stereocenters. The standard InChI is InChI=1S/C20H27N5S/c1-24(10-16-13-26-20(21-16)15-4-2-3-5-15)17-11-25(12-17)19-9-8-18(22-23-19)14-6-7-14/h8-9,13-15,17H,2-7,10-12H2,1H3. The highest BCUT2D eigenvalue weighted by atomic mass is 32.1. The molecule has 6 heteroatoms. The van der Waals surface area contributed by atoms with Crippen molar-refractivity contribution >= 4 is 17.2 Å². The van der Waals surface area contributed by atoms with Crippen LogP contribution in [0.5, 0.6) is 0 Å². The topological polar surface area (TPSA) is 45.2 Å². The minimum absolute atomic E-state index is 0.580. The summed E-state index contributed by atoms with van der Waals surface area (Å²) >= 11 is 1.87. The Morgan fingerprint density at radius 3 is 2.58 bits per heavy atom. The zero-order valence-electron chi connectivity index (χ0n) is 15.5. The molecule has 2 aromatic heterocycles. The monoisotopic (exact) mass is 369 g/mol. The number of rotatable bonds is 6. The summed E-state index contributed by atoms with van der Waals surface area (Å²) in [6, 6.07) is 4.89. The third-order valence-electron chi connectivity index (χ3n) is 6.16. The van der Waals surface area contributed by atoms with E-state index in [9.17, 15) is 0 Å². The number of anilines is 1. The number of thiazole rings is 1. The van der Waals surface area contributed by atoms with E-state index in [0.717, 1.165) is 31.4 Å². The maximum absolute atomic E-state index is 4.92. The van der Waals surface area contributed by atoms with Crippen LogP contribution in [-0.4, -0.2) is 46.3 Å². The van der Waals surface area contributed by atoms with Crippen molar-refractivity contribution in [1.82, 2.24) is 20.1 Å². The number of hydrogen-bond donors (Lipinski definition) is 0. The van der Waals surface area contributed by atoms with Gasteiger partial charge >= 0.3 is 0 Å². The summed E-state index contributed by atoms with van der Waals surface area (Å²) < 4.78 is 0. The van der Waals surface area contributed by atoms with Gasteiger partial charge in [-0.1, -0.05) is 12.8 Å². The van der Waals surface area contributed by atoms with E-state index < -0.39 is 0 Å². The molecule has 26 heavy (non-hydrogen) atoms. The predicted molar refractivity (Wildman–Crippen MR) is 105 cm³/mol. The number of hydrogen-bond acceptors (Lipinski definition) is 6. The van der Waals surface area contributed by atoms with Crippen molar-refractivity contribution in [2.24, 2.45) is 0 Å². The van der Waals surface area contributed by atoms with Crippen LogP contribution in [0.1, 0.15) is 66.8 Å². The van der Waals surface area contributed by atoms with Crippen LogP contribution in [0.15, 0.2) is 17.5 Å². The molecule has 138 valence electrons. The molecule has 2 aliphatic carbocycles. The summed E-state index contributed by atoms with van der Waals surface area (Å²) in [6.45, 7) is 3.02. The third-order valence-corrected chi connectivity index (χ3v) is 7.22. The molecular weight excluding hydrogens is 342 g/mol. The van der Waals surface area contributed by atoms with Crippen molar-refractivity contribution in [2.45, 2.75) is 62.9 Å². The van der Waals surface area contributed by atoms with Gasteiger partial charge in [0.15, 0.2) is 5.82 Å². The molecule has 0 aromatic carbocycles. The summed E-state index contributed by atoms with van der Waals surface area (Å²) in [5, 5.41) is 12.5. The molecule has 3 fully saturated rings. The zero-order valence-corrected chi connectivity index (χ0v) is 16.3. The van der Waals surface area contributed by atoms with Crippen LogP contribution in [0.25, 0.3) is 0 Å². The van der Waals surface area contributed by atoms with Crippen LogP contribution in [-0.2, 0) is 6.54 Å². The van der Waals surface area contributed by atoms with Crippen LogP contribution < -0.4 is 4.90 Å². The second-order valence-electron chi connectivity index (χ2n) is 8.22. The molecule has 5 nitrogen and oxygen atoms in total. The number of nitrogens with zero attached hydrogens (tertiary/aromatic N) is 5. The highest BCUT2D eigenvalue weighted by molar-refractivity contribution is 7.09. The van der Waals surface area contributed by atoms with Crippen LogP contribution >= 0.6 is 11.3 Å². The smallest absolute Gasteiger partial charge is 0.151 e. The van der Waals surface area contributed by atoms with E-state index in [-0.39, 0.29) is 0 Å². The first-order valence-electron chi connectivity index (χ1n) is 9.99. The SMILES string of the molecule is CN(Cc1csc(C2CCCC2)n1)C1CN(c2ccc(C3CC3)nn2)C1. The first-order chi connectivity index (χ1) is 12.8. The Bertz CT molecular complexity index is 742. The van der Waals surface area contributed by atoms with Crippen molar-refractivity contribution in [1.29, 1.82) is 0 Å². The molecule has 0 radical (unpaired) electrons. The van der Waals surface area contributed by atoms with Crippen molar-refractivity contribution in [3.63, 3.8) is 0 Å². The normalized spacial score (nSPS) is 21.5. The molecule has 0 unspecified atom stereocenters. The Morgan fingerprint density at radius 2 is 1.88 bits per heavy atom. The Labute approximate surface area is 159 Å². The largest absolute Gasteiger partial charge is 0.352 e. The molecule has 2 saturated carbocycles. The fourth-order valence-corrected chi connectivity index (χ4v) is 5.14. The number of aromatic nitrogens is 3. The molecule has 0 amide bonds. The first kappa shape index (κ1) is 16.6. The molecule has 3 heterocycles. The van der Waals surface area contributed by atoms with E-state index in [1.54, 1.807) is 0 Å². The van der Waals surface area contributed by atoms with Gasteiger partial charge in [-0.2, -0.15) is 5.10 Å². The van der Waals surface area contributed by atoms with E-state index in [1.165, 1.54) is 54.9 Å². The van der Waals surface area contributed by atoms with E-state index in [1.807, 2.05) is 11.3 Å². The Balaban J connectivity index is 1.13. The van der Waals surface area contributed by atoms with Gasteiger partial charge in [0.25, 0.3) is 0 Å². The highest BCUT2D eigenvalue weighted by Crippen LogP contribution is 2.39. The summed E-state index contributed by atoms with van der Waals surface area (Å²) in [4.78, 5) is 9.69. The van der Waals surface area contributed by atoms with Gasteiger partial charge in [-0.15, -0.1) is 16.4 Å². The summed E-state index contributed by atoms with van der Waals surface area (Å²) in [5.41, 5.74) is 2.41. The lowest BCUT2D eigenvalue weighted by atomic mass is 10.1. The molecule has 2 aromatic rings. The van der Waals surface area contributed by atoms with Crippen LogP contribution in [0, 0.1) is 0 Å². The van der Waals surface area contributed by atoms with E-state index in [2.05, 4.69) is 44.6 Å². The fourth-order valence-electron chi connectivity index (χ4n) is 4.16. The van der Waals surface area contributed by atoms with E-state index >= 15 is 0 Å². The number of likely N-dealkylation sites (N-methyl/N-ethyl adjacent to an activating group) is 1. The lowest BCUT2D eigenvalue weighted by Gasteiger charge is -2.44. The van der Waals surface area contributed by atoms with Gasteiger partial charge in [0, 0.05) is 42.9 Å². The van der Waals surface area contributed by atoms with E-state index in [4.69, 9.17) is 4.98 Å². The van der Waals surface area contributed by atoms with Gasteiger partial charge in [-0.25, -0.2) is 4.98 Å². The lowest BCUT2D eigenvalue weighted by Crippen LogP contribution is -2.58. The summed E-state index contributed by atoms with van der Waals surface area (Å²) in [6.07, 6.45) is 7.99. The van der Waals surface area contributed by atoms with Crippen LogP contribution in [0.3, 0.4) is 0 Å². The van der Waals surface area contributed by atoms with Gasteiger partial charge in [0.1, 0.15) is 0 Å². The first-order valence-corrected chi connectivity index (χ1v) is 10.9. The molecule has 3 aliphatic rings. The van der Waals surface area contributed by atoms with Crippen LogP contribution in [0.2, 0.25) is 0 Å². The molecule has 0 bridgehead atoms. The predicted octanol–water partition coefficient (Wildman–Crippen LogP) is 3.79. The summed E-state index contributed by atoms with van der Waals surface area (Å²) in [7, 11) is 2.22. The van der Waals surface area contributed by atoms with Gasteiger partial charge in [0.2, 0.25) is 0 Å². The fraction of sp³-hybridized carbons (Fsp3) is 0.650. The maximum Gasteiger partial charge on any atom is 0.151 e. The minimum Gasteiger partial charge on any atom is -0.352 e. The van der Waals surface area contributed by atoms with Gasteiger partial charge in [0.05, 0.1) is 16.4 Å². The quantitative estimate of drug-likeness (QED) is 0.775. The Hall–Kier alpha value is -1.53. The summed E-state index contributed by atoms with van der Waals surface area (Å²) in [5.74, 6) is 2.44. The van der Waals surface area contributed by atoms with Crippen molar-refractivity contribution in [2.75, 3.05) is 25.0 Å². The Kier molecular flexibility index (Phi) is 4.41. The van der Waals surface area contributed by atoms with Gasteiger partial charge < -0.3 is 4.90 Å². The second kappa shape index (κ2) is 6.89. The van der Waals surface area contributed by atoms with Crippen LogP contribution in [0.4, 0.5) is 5.82 Å². The molecule has 1 saturated heterocycles. The van der Waals surface area contributed by atoms with Crippen molar-refractivity contribution in [3.8, 4) is 0 Å². The molecule has 1 aliphatic heterocycles. The van der Waals surface area contributed by atoms with Gasteiger partial charge in [-0.3, -0.25) is 4.90 Å². The second-order valence-corrected chi connectivity index (χ2v) is 9.11. The zero-order chi connectivity index (χ0) is 17.5. The van der Waals surface area contributed by atoms with Gasteiger partial charge in [-0.05, 0) is 44.9 Å². The van der Waals surface area contributed by atoms with Crippen molar-refractivity contribution in [3.05, 3.63) is 33.9 Å². The third kappa shape index (κ3) is 3.37. The molecule has 5 rings (SSSR count).